The van der Waals surface area contributed by atoms with E-state index in [-0.39, 0.29) is 5.70 Å². The molecule has 0 spiro atoms. The summed E-state index contributed by atoms with van der Waals surface area (Å²) < 4.78 is 5.26. The number of rotatable bonds is 4. The molecule has 6 nitrogen and oxygen atoms in total. The molecule has 19 heavy (non-hydrogen) atoms. The van der Waals surface area contributed by atoms with Crippen molar-refractivity contribution in [3.05, 3.63) is 45.0 Å². The fourth-order valence-electron chi connectivity index (χ4n) is 2.24. The normalized spacial score (nSPS) is 13.6. The van der Waals surface area contributed by atoms with Gasteiger partial charge in [0.05, 0.1) is 7.11 Å². The summed E-state index contributed by atoms with van der Waals surface area (Å²) in [6.07, 6.45) is 4.41. The highest BCUT2D eigenvalue weighted by atomic mass is 16.5. The van der Waals surface area contributed by atoms with E-state index < -0.39 is 5.97 Å². The third-order valence-corrected chi connectivity index (χ3v) is 3.11. The molecule has 0 unspecified atom stereocenters. The molecule has 2 rings (SSSR count). The number of methoxy groups -OCH3 is 1. The number of benzene rings is 1. The van der Waals surface area contributed by atoms with Crippen molar-refractivity contribution in [1.29, 1.82) is 0 Å². The molecular formula is C13H13N3O3. The van der Waals surface area contributed by atoms with Crippen LogP contribution in [-0.4, -0.2) is 18.2 Å². The maximum absolute atomic E-state index is 11.0. The largest absolute Gasteiger partial charge is 0.496 e. The minimum atomic E-state index is -1.26. The van der Waals surface area contributed by atoms with Gasteiger partial charge in [0.15, 0.2) is 0 Å². The van der Waals surface area contributed by atoms with Crippen LogP contribution in [-0.2, 0) is 17.6 Å². The van der Waals surface area contributed by atoms with Gasteiger partial charge in [-0.1, -0.05) is 5.11 Å². The summed E-state index contributed by atoms with van der Waals surface area (Å²) in [6.45, 7) is 0. The van der Waals surface area contributed by atoms with Crippen LogP contribution in [0.25, 0.3) is 16.5 Å². The molecule has 1 aromatic carbocycles. The molecule has 1 aromatic rings. The van der Waals surface area contributed by atoms with E-state index in [2.05, 4.69) is 10.0 Å². The van der Waals surface area contributed by atoms with E-state index in [4.69, 9.17) is 15.4 Å². The van der Waals surface area contributed by atoms with Gasteiger partial charge in [-0.2, -0.15) is 0 Å². The molecule has 1 N–H and O–H groups in total. The van der Waals surface area contributed by atoms with Crippen molar-refractivity contribution < 1.29 is 14.6 Å². The van der Waals surface area contributed by atoms with Gasteiger partial charge in [-0.3, -0.25) is 0 Å². The molecule has 0 saturated carbocycles. The summed E-state index contributed by atoms with van der Waals surface area (Å²) in [5, 5.41) is 12.1. The highest BCUT2D eigenvalue weighted by Gasteiger charge is 2.15. The van der Waals surface area contributed by atoms with Gasteiger partial charge < -0.3 is 9.84 Å². The second-order valence-electron chi connectivity index (χ2n) is 4.24. The molecule has 0 fully saturated rings. The fraction of sp³-hybridized carbons (Fsp3) is 0.308. The average molecular weight is 259 g/mol. The van der Waals surface area contributed by atoms with Crippen LogP contribution >= 0.6 is 0 Å². The van der Waals surface area contributed by atoms with E-state index in [1.54, 1.807) is 0 Å². The molecule has 0 heterocycles. The molecule has 0 atom stereocenters. The van der Waals surface area contributed by atoms with Crippen molar-refractivity contribution in [1.82, 2.24) is 0 Å². The molecule has 1 aliphatic carbocycles. The zero-order valence-corrected chi connectivity index (χ0v) is 10.5. The topological polar surface area (TPSA) is 95.3 Å². The number of ether oxygens (including phenoxy) is 1. The van der Waals surface area contributed by atoms with Crippen molar-refractivity contribution in [3.63, 3.8) is 0 Å². The first-order chi connectivity index (χ1) is 9.15. The summed E-state index contributed by atoms with van der Waals surface area (Å²) in [6, 6.07) is 3.82. The van der Waals surface area contributed by atoms with Gasteiger partial charge in [-0.25, -0.2) is 4.79 Å². The highest BCUT2D eigenvalue weighted by Crippen LogP contribution is 2.31. The standard InChI is InChI=1S/C13H13N3O3/c1-19-12-7-9-4-2-3-8(9)5-10(12)6-11(13(17)18)15-16-14/h5-7H,2-4H2,1H3,(H,17,18). The zero-order chi connectivity index (χ0) is 13.8. The second kappa shape index (κ2) is 5.46. The third kappa shape index (κ3) is 2.69. The molecule has 6 heteroatoms. The van der Waals surface area contributed by atoms with Gasteiger partial charge in [-0.05, 0) is 54.1 Å². The Hall–Kier alpha value is -2.46. The lowest BCUT2D eigenvalue weighted by molar-refractivity contribution is -0.132. The van der Waals surface area contributed by atoms with Crippen molar-refractivity contribution in [3.8, 4) is 5.75 Å². The molecule has 0 saturated heterocycles. The number of nitrogens with zero attached hydrogens (tertiary/aromatic N) is 3. The summed E-state index contributed by atoms with van der Waals surface area (Å²) in [5.41, 5.74) is 11.1. The predicted molar refractivity (Wildman–Crippen MR) is 69.8 cm³/mol. The Morgan fingerprint density at radius 1 is 1.47 bits per heavy atom. The summed E-state index contributed by atoms with van der Waals surface area (Å²) in [4.78, 5) is 13.5. The Labute approximate surface area is 109 Å². The van der Waals surface area contributed by atoms with Crippen molar-refractivity contribution in [2.75, 3.05) is 7.11 Å². The fourth-order valence-corrected chi connectivity index (χ4v) is 2.24. The van der Waals surface area contributed by atoms with Crippen LogP contribution in [0.1, 0.15) is 23.1 Å². The number of carboxylic acids is 1. The first-order valence-corrected chi connectivity index (χ1v) is 5.85. The summed E-state index contributed by atoms with van der Waals surface area (Å²) in [7, 11) is 1.53. The maximum Gasteiger partial charge on any atom is 0.338 e. The molecule has 0 aliphatic heterocycles. The number of carboxylic acid groups (broad SMARTS) is 1. The van der Waals surface area contributed by atoms with E-state index in [0.717, 1.165) is 19.3 Å². The lowest BCUT2D eigenvalue weighted by Gasteiger charge is -2.09. The Morgan fingerprint density at radius 2 is 2.16 bits per heavy atom. The smallest absolute Gasteiger partial charge is 0.338 e. The zero-order valence-electron chi connectivity index (χ0n) is 10.5. The monoisotopic (exact) mass is 259 g/mol. The molecular weight excluding hydrogens is 246 g/mol. The van der Waals surface area contributed by atoms with Gasteiger partial charge in [0, 0.05) is 10.5 Å². The van der Waals surface area contributed by atoms with Crippen LogP contribution in [0.4, 0.5) is 0 Å². The number of hydrogen-bond acceptors (Lipinski definition) is 3. The van der Waals surface area contributed by atoms with E-state index in [1.807, 2.05) is 12.1 Å². The lowest BCUT2D eigenvalue weighted by atomic mass is 10.0. The van der Waals surface area contributed by atoms with Gasteiger partial charge in [0.2, 0.25) is 0 Å². The van der Waals surface area contributed by atoms with Crippen LogP contribution < -0.4 is 4.74 Å². The van der Waals surface area contributed by atoms with Gasteiger partial charge in [0.1, 0.15) is 11.4 Å². The van der Waals surface area contributed by atoms with Gasteiger partial charge in [-0.15, -0.1) is 0 Å². The number of fused-ring (bicyclic) bond motifs is 1. The maximum atomic E-state index is 11.0. The molecule has 0 amide bonds. The van der Waals surface area contributed by atoms with Crippen LogP contribution in [0, 0.1) is 0 Å². The lowest BCUT2D eigenvalue weighted by Crippen LogP contribution is -1.98. The molecule has 0 bridgehead atoms. The number of aryl methyl sites for hydroxylation is 2. The third-order valence-electron chi connectivity index (χ3n) is 3.11. The first kappa shape index (κ1) is 13.0. The van der Waals surface area contributed by atoms with Crippen LogP contribution in [0.3, 0.4) is 0 Å². The summed E-state index contributed by atoms with van der Waals surface area (Å²) >= 11 is 0. The molecule has 0 aromatic heterocycles. The van der Waals surface area contributed by atoms with Crippen LogP contribution in [0.5, 0.6) is 5.75 Å². The Morgan fingerprint density at radius 3 is 2.74 bits per heavy atom. The highest BCUT2D eigenvalue weighted by molar-refractivity contribution is 5.92. The van der Waals surface area contributed by atoms with Crippen LogP contribution in [0.15, 0.2) is 22.9 Å². The Kier molecular flexibility index (Phi) is 3.73. The summed E-state index contributed by atoms with van der Waals surface area (Å²) in [5.74, 6) is -0.673. The SMILES string of the molecule is COc1cc2c(cc1C=C(N=[N+]=[N-])C(=O)O)CCC2. The number of carbonyl (C=O) groups is 1. The van der Waals surface area contributed by atoms with Gasteiger partial charge in [0.25, 0.3) is 0 Å². The van der Waals surface area contributed by atoms with Crippen molar-refractivity contribution in [2.24, 2.45) is 5.11 Å². The van der Waals surface area contributed by atoms with E-state index in [0.29, 0.717) is 11.3 Å². The number of azide groups is 1. The van der Waals surface area contributed by atoms with Crippen LogP contribution in [0.2, 0.25) is 0 Å². The minimum absolute atomic E-state index is 0.348. The molecule has 0 radical (unpaired) electrons. The van der Waals surface area contributed by atoms with Crippen molar-refractivity contribution in [2.45, 2.75) is 19.3 Å². The van der Waals surface area contributed by atoms with E-state index in [9.17, 15) is 4.79 Å². The minimum Gasteiger partial charge on any atom is -0.496 e. The molecule has 98 valence electrons. The Bertz CT molecular complexity index is 597. The first-order valence-electron chi connectivity index (χ1n) is 5.85. The second-order valence-corrected chi connectivity index (χ2v) is 4.24. The predicted octanol–water partition coefficient (Wildman–Crippen LogP) is 2.92. The Balaban J connectivity index is 2.52. The van der Waals surface area contributed by atoms with Crippen molar-refractivity contribution >= 4 is 12.0 Å². The van der Waals surface area contributed by atoms with Gasteiger partial charge >= 0.3 is 5.97 Å². The number of hydrogen-bond donors (Lipinski definition) is 1. The quantitative estimate of drug-likeness (QED) is 0.389. The average Bonchev–Trinajstić information content (AvgIpc) is 2.84. The molecule has 1 aliphatic rings. The van der Waals surface area contributed by atoms with E-state index >= 15 is 0 Å². The number of aliphatic carboxylic acids is 1. The van der Waals surface area contributed by atoms with E-state index in [1.165, 1.54) is 24.3 Å².